The highest BCUT2D eigenvalue weighted by molar-refractivity contribution is 5.71. The van der Waals surface area contributed by atoms with Gasteiger partial charge in [0, 0.05) is 19.3 Å². The summed E-state index contributed by atoms with van der Waals surface area (Å²) >= 11 is 0. The monoisotopic (exact) mass is 865 g/mol. The Balaban J connectivity index is 4.30. The van der Waals surface area contributed by atoms with Crippen LogP contribution >= 0.6 is 0 Å². The lowest BCUT2D eigenvalue weighted by molar-refractivity contribution is -0.166. The standard InChI is InChI=1S/C56H96O6/c1-4-7-10-13-16-18-20-22-24-26-28-30-32-34-36-38-40-43-46-49-55(58)61-52-53(51-60-54(57)48-45-42-15-12-9-6-3)62-56(59)50-47-44-41-39-37-35-33-31-29-27-25-23-21-19-17-14-11-8-5-2/h7,10,16,18,22,24,28,30,34,36,40,43,53H,4-6,8-9,11-15,17,19-21,23,25-27,29,31-33,35,37-39,41-42,44-52H2,1-3H3/b10-7-,18-16-,24-22-,30-28-,36-34-,43-40-. The first kappa shape index (κ1) is 58.9. The van der Waals surface area contributed by atoms with Gasteiger partial charge in [0.05, 0.1) is 0 Å². The van der Waals surface area contributed by atoms with Crippen LogP contribution in [0.1, 0.15) is 245 Å². The molecule has 0 saturated heterocycles. The van der Waals surface area contributed by atoms with E-state index in [0.29, 0.717) is 19.3 Å². The lowest BCUT2D eigenvalue weighted by atomic mass is 10.0. The van der Waals surface area contributed by atoms with Gasteiger partial charge in [-0.1, -0.05) is 241 Å². The molecule has 1 unspecified atom stereocenters. The molecule has 0 bridgehead atoms. The molecule has 0 radical (unpaired) electrons. The maximum absolute atomic E-state index is 12.8. The minimum Gasteiger partial charge on any atom is -0.462 e. The number of carbonyl (C=O) groups excluding carboxylic acids is 3. The third-order valence-electron chi connectivity index (χ3n) is 11.0. The van der Waals surface area contributed by atoms with Crippen molar-refractivity contribution in [2.75, 3.05) is 13.2 Å². The number of rotatable bonds is 46. The van der Waals surface area contributed by atoms with Crippen molar-refractivity contribution in [1.29, 1.82) is 0 Å². The van der Waals surface area contributed by atoms with Crippen LogP contribution in [0.25, 0.3) is 0 Å². The van der Waals surface area contributed by atoms with Crippen molar-refractivity contribution in [3.05, 3.63) is 72.9 Å². The molecular weight excluding hydrogens is 769 g/mol. The van der Waals surface area contributed by atoms with Crippen LogP contribution in [-0.2, 0) is 28.6 Å². The minimum atomic E-state index is -0.800. The summed E-state index contributed by atoms with van der Waals surface area (Å²) in [7, 11) is 0. The highest BCUT2D eigenvalue weighted by atomic mass is 16.6. The number of hydrogen-bond acceptors (Lipinski definition) is 6. The van der Waals surface area contributed by atoms with Gasteiger partial charge in [-0.25, -0.2) is 0 Å². The zero-order valence-corrected chi connectivity index (χ0v) is 40.6. The Morgan fingerprint density at radius 1 is 0.339 bits per heavy atom. The molecule has 6 heteroatoms. The van der Waals surface area contributed by atoms with Gasteiger partial charge in [0.25, 0.3) is 0 Å². The van der Waals surface area contributed by atoms with Gasteiger partial charge in [0.1, 0.15) is 13.2 Å². The van der Waals surface area contributed by atoms with E-state index >= 15 is 0 Å². The molecule has 356 valence electrons. The van der Waals surface area contributed by atoms with E-state index in [1.54, 1.807) is 0 Å². The highest BCUT2D eigenvalue weighted by Gasteiger charge is 2.19. The summed E-state index contributed by atoms with van der Waals surface area (Å²) < 4.78 is 16.6. The van der Waals surface area contributed by atoms with Crippen molar-refractivity contribution in [1.82, 2.24) is 0 Å². The van der Waals surface area contributed by atoms with E-state index in [-0.39, 0.29) is 37.5 Å². The van der Waals surface area contributed by atoms with Crippen molar-refractivity contribution < 1.29 is 28.6 Å². The molecule has 0 aromatic heterocycles. The van der Waals surface area contributed by atoms with E-state index < -0.39 is 6.10 Å². The summed E-state index contributed by atoms with van der Waals surface area (Å²) in [5.74, 6) is -0.991. The van der Waals surface area contributed by atoms with Gasteiger partial charge >= 0.3 is 17.9 Å². The van der Waals surface area contributed by atoms with Crippen molar-refractivity contribution in [3.8, 4) is 0 Å². The van der Waals surface area contributed by atoms with Crippen molar-refractivity contribution in [3.63, 3.8) is 0 Å². The molecule has 0 amide bonds. The summed E-state index contributed by atoms with van der Waals surface area (Å²) in [6, 6.07) is 0. The van der Waals surface area contributed by atoms with Crippen LogP contribution in [0.2, 0.25) is 0 Å². The van der Waals surface area contributed by atoms with Crippen LogP contribution in [0.3, 0.4) is 0 Å². The van der Waals surface area contributed by atoms with Gasteiger partial charge < -0.3 is 14.2 Å². The van der Waals surface area contributed by atoms with E-state index in [0.717, 1.165) is 77.0 Å². The molecule has 0 saturated carbocycles. The molecular formula is C56H96O6. The molecule has 6 nitrogen and oxygen atoms in total. The van der Waals surface area contributed by atoms with E-state index in [2.05, 4.69) is 87.6 Å². The third kappa shape index (κ3) is 47.9. The Bertz CT molecular complexity index is 1180. The molecule has 1 atom stereocenters. The normalized spacial score (nSPS) is 12.6. The highest BCUT2D eigenvalue weighted by Crippen LogP contribution is 2.16. The number of hydrogen-bond donors (Lipinski definition) is 0. The molecule has 0 spiro atoms. The lowest BCUT2D eigenvalue weighted by Crippen LogP contribution is -2.30. The van der Waals surface area contributed by atoms with Crippen LogP contribution in [0, 0.1) is 0 Å². The van der Waals surface area contributed by atoms with E-state index in [4.69, 9.17) is 14.2 Å². The Hall–Kier alpha value is -3.15. The van der Waals surface area contributed by atoms with Crippen LogP contribution < -0.4 is 0 Å². The van der Waals surface area contributed by atoms with Crippen LogP contribution in [0.5, 0.6) is 0 Å². The molecule has 0 aliphatic heterocycles. The Labute approximate surface area is 382 Å². The molecule has 0 aliphatic carbocycles. The maximum atomic E-state index is 12.8. The number of allylic oxidation sites excluding steroid dienone is 12. The summed E-state index contributed by atoms with van der Waals surface area (Å²) in [4.78, 5) is 37.7. The summed E-state index contributed by atoms with van der Waals surface area (Å²) in [6.45, 7) is 6.41. The van der Waals surface area contributed by atoms with Gasteiger partial charge in [-0.15, -0.1) is 0 Å². The number of esters is 3. The average Bonchev–Trinajstić information content (AvgIpc) is 3.27. The molecule has 0 aliphatic rings. The Morgan fingerprint density at radius 3 is 0.984 bits per heavy atom. The molecule has 0 N–H and O–H groups in total. The van der Waals surface area contributed by atoms with Crippen LogP contribution in [-0.4, -0.2) is 37.2 Å². The number of ether oxygens (including phenoxy) is 3. The second kappa shape index (κ2) is 50.5. The zero-order chi connectivity index (χ0) is 45.1. The topological polar surface area (TPSA) is 78.9 Å². The predicted octanol–water partition coefficient (Wildman–Crippen LogP) is 17.0. The van der Waals surface area contributed by atoms with E-state index in [1.165, 1.54) is 122 Å². The molecule has 62 heavy (non-hydrogen) atoms. The second-order valence-electron chi connectivity index (χ2n) is 17.1. The fourth-order valence-corrected chi connectivity index (χ4v) is 7.12. The largest absolute Gasteiger partial charge is 0.462 e. The summed E-state index contributed by atoms with van der Waals surface area (Å²) in [5.41, 5.74) is 0. The van der Waals surface area contributed by atoms with Gasteiger partial charge in [-0.2, -0.15) is 0 Å². The Kier molecular flexibility index (Phi) is 47.9. The smallest absolute Gasteiger partial charge is 0.306 e. The van der Waals surface area contributed by atoms with Crippen LogP contribution in [0.4, 0.5) is 0 Å². The predicted molar refractivity (Wildman–Crippen MR) is 265 cm³/mol. The van der Waals surface area contributed by atoms with Crippen molar-refractivity contribution >= 4 is 17.9 Å². The van der Waals surface area contributed by atoms with Crippen LogP contribution in [0.15, 0.2) is 72.9 Å². The van der Waals surface area contributed by atoms with Gasteiger partial charge in [-0.05, 0) is 57.8 Å². The summed E-state index contributed by atoms with van der Waals surface area (Å²) in [5, 5.41) is 0. The van der Waals surface area contributed by atoms with E-state index in [1.807, 2.05) is 6.08 Å². The van der Waals surface area contributed by atoms with E-state index in [9.17, 15) is 14.4 Å². The zero-order valence-electron chi connectivity index (χ0n) is 40.6. The third-order valence-corrected chi connectivity index (χ3v) is 11.0. The molecule has 0 rings (SSSR count). The number of carbonyl (C=O) groups is 3. The quantitative estimate of drug-likeness (QED) is 0.0262. The first-order valence-corrected chi connectivity index (χ1v) is 25.9. The summed E-state index contributed by atoms with van der Waals surface area (Å²) in [6.07, 6.45) is 63.6. The maximum Gasteiger partial charge on any atom is 0.306 e. The first-order valence-electron chi connectivity index (χ1n) is 25.9. The SMILES string of the molecule is CC/C=C\C/C=C\C/C=C\C/C=C\C/C=C\C/C=C\CCC(=O)OCC(COC(=O)CCCCCCCC)OC(=O)CCCCCCCCCCCCCCCCCCCCC. The second-order valence-corrected chi connectivity index (χ2v) is 17.1. The fraction of sp³-hybridized carbons (Fsp3) is 0.732. The van der Waals surface area contributed by atoms with Gasteiger partial charge in [-0.3, -0.25) is 14.4 Å². The minimum absolute atomic E-state index is 0.0972. The average molecular weight is 865 g/mol. The Morgan fingerprint density at radius 2 is 0.629 bits per heavy atom. The van der Waals surface area contributed by atoms with Crippen molar-refractivity contribution in [2.24, 2.45) is 0 Å². The molecule has 0 fully saturated rings. The molecule has 0 aromatic carbocycles. The molecule has 0 aromatic rings. The molecule has 0 heterocycles. The van der Waals surface area contributed by atoms with Gasteiger partial charge in [0.2, 0.25) is 0 Å². The lowest BCUT2D eigenvalue weighted by Gasteiger charge is -2.18. The van der Waals surface area contributed by atoms with Gasteiger partial charge in [0.15, 0.2) is 6.10 Å². The first-order chi connectivity index (χ1) is 30.5. The van der Waals surface area contributed by atoms with Crippen molar-refractivity contribution in [2.45, 2.75) is 252 Å². The number of unbranched alkanes of at least 4 members (excludes halogenated alkanes) is 23. The fourth-order valence-electron chi connectivity index (χ4n) is 7.12.